The highest BCUT2D eigenvalue weighted by atomic mass is 16.4. The Bertz CT molecular complexity index is 750. The molecule has 0 atom stereocenters. The Labute approximate surface area is 237 Å². The van der Waals surface area contributed by atoms with E-state index in [-0.39, 0.29) is 0 Å². The smallest absolute Gasteiger partial charge is 0.328 e. The van der Waals surface area contributed by atoms with Gasteiger partial charge in [-0.15, -0.1) is 0 Å². The first-order chi connectivity index (χ1) is 19.4. The Balaban J connectivity index is -0.000000136. The van der Waals surface area contributed by atoms with Crippen LogP contribution in [0.2, 0.25) is 0 Å². The Morgan fingerprint density at radius 3 is 0.595 bits per heavy atom. The molecule has 42 heavy (non-hydrogen) atoms. The molecule has 0 aliphatic carbocycles. The number of carboxylic acids is 8. The minimum absolute atomic E-state index is 0.558. The van der Waals surface area contributed by atoms with Crippen molar-refractivity contribution in [2.75, 3.05) is 39.3 Å². The molecule has 0 saturated heterocycles. The summed E-state index contributed by atoms with van der Waals surface area (Å²) in [5.41, 5.74) is 10.5. The second kappa shape index (κ2) is 35.6. The van der Waals surface area contributed by atoms with Crippen LogP contribution in [0.5, 0.6) is 0 Å². The summed E-state index contributed by atoms with van der Waals surface area (Å²) in [6.07, 6.45) is 4.46. The van der Waals surface area contributed by atoms with Crippen LogP contribution in [0.1, 0.15) is 0 Å². The molecule has 20 nitrogen and oxygen atoms in total. The van der Waals surface area contributed by atoms with Crippen molar-refractivity contribution in [3.05, 3.63) is 48.6 Å². The van der Waals surface area contributed by atoms with Crippen LogP contribution in [0.25, 0.3) is 0 Å². The predicted molar refractivity (Wildman–Crippen MR) is 141 cm³/mol. The molecule has 0 heterocycles. The lowest BCUT2D eigenvalue weighted by Crippen LogP contribution is -2.32. The van der Waals surface area contributed by atoms with Crippen molar-refractivity contribution in [3.63, 3.8) is 0 Å². The van der Waals surface area contributed by atoms with Crippen molar-refractivity contribution < 1.29 is 79.2 Å². The quantitative estimate of drug-likeness (QED) is 0.0646. The van der Waals surface area contributed by atoms with Crippen LogP contribution >= 0.6 is 0 Å². The molecular formula is C22H34N4O16. The lowest BCUT2D eigenvalue weighted by atomic mass is 10.5. The van der Waals surface area contributed by atoms with Crippen LogP contribution in [-0.2, 0) is 38.4 Å². The maximum Gasteiger partial charge on any atom is 0.328 e. The number of hydrogen-bond acceptors (Lipinski definition) is 12. The van der Waals surface area contributed by atoms with E-state index in [1.807, 2.05) is 0 Å². The van der Waals surface area contributed by atoms with Crippen LogP contribution in [0.15, 0.2) is 48.6 Å². The van der Waals surface area contributed by atoms with Crippen LogP contribution in [-0.4, -0.2) is 128 Å². The molecule has 0 aliphatic heterocycles. The maximum atomic E-state index is 9.55. The molecule has 0 bridgehead atoms. The summed E-state index contributed by atoms with van der Waals surface area (Å²) in [6, 6.07) is 0. The number of nitrogens with two attached hydrogens (primary N) is 2. The Kier molecular flexibility index (Phi) is 39.3. The Morgan fingerprint density at radius 2 is 0.500 bits per heavy atom. The molecule has 0 radical (unpaired) electrons. The average molecular weight is 611 g/mol. The van der Waals surface area contributed by atoms with Gasteiger partial charge in [-0.1, -0.05) is 0 Å². The van der Waals surface area contributed by atoms with Crippen molar-refractivity contribution in [2.24, 2.45) is 11.5 Å². The lowest BCUT2D eigenvalue weighted by molar-refractivity contribution is -0.134. The fourth-order valence-corrected chi connectivity index (χ4v) is 1.20. The Morgan fingerprint density at radius 1 is 0.357 bits per heavy atom. The third-order valence-electron chi connectivity index (χ3n) is 2.59. The van der Waals surface area contributed by atoms with E-state index >= 15 is 0 Å². The maximum absolute atomic E-state index is 9.55. The molecule has 0 aromatic carbocycles. The molecule has 20 heteroatoms. The third-order valence-corrected chi connectivity index (χ3v) is 2.59. The highest BCUT2D eigenvalue weighted by Gasteiger charge is 1.90. The number of carboxylic acid groups (broad SMARTS) is 8. The first kappa shape index (κ1) is 46.4. The zero-order chi connectivity index (χ0) is 33.9. The van der Waals surface area contributed by atoms with Gasteiger partial charge in [0.25, 0.3) is 0 Å². The highest BCUT2D eigenvalue weighted by molar-refractivity contribution is 5.91. The topological polar surface area (TPSA) is 374 Å². The highest BCUT2D eigenvalue weighted by Crippen LogP contribution is 1.72. The minimum atomic E-state index is -1.26. The molecular weight excluding hydrogens is 576 g/mol. The van der Waals surface area contributed by atoms with Crippen molar-refractivity contribution in [1.29, 1.82) is 0 Å². The lowest BCUT2D eigenvalue weighted by Gasteiger charge is -2.03. The minimum Gasteiger partial charge on any atom is -0.478 e. The average Bonchev–Trinajstić information content (AvgIpc) is 2.87. The van der Waals surface area contributed by atoms with Crippen LogP contribution < -0.4 is 22.1 Å². The summed E-state index contributed by atoms with van der Waals surface area (Å²) in [5.74, 6) is -10.1. The van der Waals surface area contributed by atoms with Gasteiger partial charge in [-0.2, -0.15) is 0 Å². The largest absolute Gasteiger partial charge is 0.478 e. The van der Waals surface area contributed by atoms with Gasteiger partial charge in [0.15, 0.2) is 0 Å². The van der Waals surface area contributed by atoms with Gasteiger partial charge in [0, 0.05) is 87.9 Å². The van der Waals surface area contributed by atoms with Crippen LogP contribution in [0.3, 0.4) is 0 Å². The number of hydrogen-bond donors (Lipinski definition) is 12. The number of carbonyl (C=O) groups is 8. The summed E-state index contributed by atoms with van der Waals surface area (Å²) in [6.45, 7) is 5.14. The fraction of sp³-hybridized carbons (Fsp3) is 0.273. The predicted octanol–water partition coefficient (Wildman–Crippen LogP) is -3.07. The molecule has 0 spiro atoms. The SMILES string of the molecule is NCCNCCNCCN.O=C(O)C=CC(=O)O.O=C(O)C=CC(=O)O.O=C(O)C=CC(=O)O.O=C(O)C=CC(=O)O. The van der Waals surface area contributed by atoms with Crippen LogP contribution in [0.4, 0.5) is 0 Å². The van der Waals surface area contributed by atoms with Gasteiger partial charge in [0.1, 0.15) is 0 Å². The molecule has 0 amide bonds. The first-order valence-electron chi connectivity index (χ1n) is 10.8. The Hall–Kier alpha value is -5.44. The molecule has 0 aromatic heterocycles. The summed E-state index contributed by atoms with van der Waals surface area (Å²) in [5, 5.41) is 68.8. The number of aliphatic carboxylic acids is 8. The van der Waals surface area contributed by atoms with E-state index in [9.17, 15) is 38.4 Å². The van der Waals surface area contributed by atoms with Gasteiger partial charge in [-0.05, 0) is 0 Å². The van der Waals surface area contributed by atoms with E-state index < -0.39 is 47.8 Å². The molecule has 0 unspecified atom stereocenters. The fourth-order valence-electron chi connectivity index (χ4n) is 1.20. The molecule has 0 rings (SSSR count). The van der Waals surface area contributed by atoms with E-state index in [4.69, 9.17) is 52.3 Å². The zero-order valence-electron chi connectivity index (χ0n) is 21.9. The summed E-state index contributed by atoms with van der Waals surface area (Å²) in [4.78, 5) is 76.4. The van der Waals surface area contributed by atoms with Crippen molar-refractivity contribution in [1.82, 2.24) is 10.6 Å². The number of rotatable bonds is 15. The van der Waals surface area contributed by atoms with Gasteiger partial charge in [-0.3, -0.25) is 0 Å². The van der Waals surface area contributed by atoms with Gasteiger partial charge in [0.05, 0.1) is 0 Å². The summed E-state index contributed by atoms with van der Waals surface area (Å²) >= 11 is 0. The van der Waals surface area contributed by atoms with Gasteiger partial charge in [0.2, 0.25) is 0 Å². The molecule has 0 saturated carbocycles. The second-order valence-corrected chi connectivity index (χ2v) is 6.12. The molecule has 0 fully saturated rings. The van der Waals surface area contributed by atoms with Crippen molar-refractivity contribution in [2.45, 2.75) is 0 Å². The molecule has 0 aliphatic rings. The molecule has 238 valence electrons. The van der Waals surface area contributed by atoms with E-state index in [0.717, 1.165) is 26.2 Å². The van der Waals surface area contributed by atoms with Gasteiger partial charge < -0.3 is 63.0 Å². The van der Waals surface area contributed by atoms with Crippen LogP contribution in [0, 0.1) is 0 Å². The number of nitrogens with one attached hydrogen (secondary N) is 2. The van der Waals surface area contributed by atoms with E-state index in [2.05, 4.69) is 10.6 Å². The van der Waals surface area contributed by atoms with E-state index in [1.165, 1.54) is 0 Å². The standard InChI is InChI=1S/C6H18N4.4C4H4O4/c7-1-3-9-5-6-10-4-2-8;4*5-3(6)1-2-4(7)8/h9-10H,1-8H2;4*1-2H,(H,5,6)(H,7,8). The van der Waals surface area contributed by atoms with E-state index in [1.54, 1.807) is 0 Å². The summed E-state index contributed by atoms with van der Waals surface area (Å²) < 4.78 is 0. The normalized spacial score (nSPS) is 9.67. The van der Waals surface area contributed by atoms with Gasteiger partial charge >= 0.3 is 47.8 Å². The first-order valence-corrected chi connectivity index (χ1v) is 10.8. The molecule has 14 N–H and O–H groups in total. The monoisotopic (exact) mass is 610 g/mol. The van der Waals surface area contributed by atoms with Gasteiger partial charge in [-0.25, -0.2) is 38.4 Å². The van der Waals surface area contributed by atoms with Crippen molar-refractivity contribution in [3.8, 4) is 0 Å². The third kappa shape index (κ3) is 83.7. The van der Waals surface area contributed by atoms with Crippen molar-refractivity contribution >= 4 is 47.8 Å². The zero-order valence-corrected chi connectivity index (χ0v) is 21.9. The summed E-state index contributed by atoms with van der Waals surface area (Å²) in [7, 11) is 0. The molecule has 0 aromatic rings. The second-order valence-electron chi connectivity index (χ2n) is 6.12. The van der Waals surface area contributed by atoms with E-state index in [0.29, 0.717) is 61.7 Å².